The van der Waals surface area contributed by atoms with Gasteiger partial charge in [-0.15, -0.1) is 0 Å². The van der Waals surface area contributed by atoms with Gasteiger partial charge >= 0.3 is 6.18 Å². The molecule has 1 unspecified atom stereocenters. The summed E-state index contributed by atoms with van der Waals surface area (Å²) in [4.78, 5) is 21.0. The molecule has 4 rings (SSSR count). The minimum Gasteiger partial charge on any atom is -0.352 e. The second-order valence-electron chi connectivity index (χ2n) is 7.27. The van der Waals surface area contributed by atoms with E-state index in [2.05, 4.69) is 15.3 Å². The summed E-state index contributed by atoms with van der Waals surface area (Å²) in [5.41, 5.74) is 1.61. The predicted octanol–water partition coefficient (Wildman–Crippen LogP) is 5.24. The highest BCUT2D eigenvalue weighted by Crippen LogP contribution is 2.34. The average molecular weight is 459 g/mol. The number of imidazole rings is 1. The van der Waals surface area contributed by atoms with Crippen molar-refractivity contribution in [3.8, 4) is 0 Å². The molecule has 0 saturated carbocycles. The average Bonchev–Trinajstić information content (AvgIpc) is 3.19. The lowest BCUT2D eigenvalue weighted by Crippen LogP contribution is -2.25. The maximum atomic E-state index is 13.3. The molecule has 1 atom stereocenters. The quantitative estimate of drug-likeness (QED) is 0.430. The van der Waals surface area contributed by atoms with Crippen LogP contribution in [0.15, 0.2) is 73.3 Å². The van der Waals surface area contributed by atoms with E-state index >= 15 is 0 Å². The fraction of sp³-hybridized carbons (Fsp3) is 0.174. The molecule has 0 radical (unpaired) electrons. The minimum absolute atomic E-state index is 0.0628. The van der Waals surface area contributed by atoms with Crippen molar-refractivity contribution in [1.29, 1.82) is 0 Å². The van der Waals surface area contributed by atoms with Crippen LogP contribution in [0.1, 0.15) is 34.7 Å². The molecule has 0 bridgehead atoms. The van der Waals surface area contributed by atoms with Crippen molar-refractivity contribution in [3.63, 3.8) is 0 Å². The lowest BCUT2D eigenvalue weighted by Gasteiger charge is -2.19. The minimum atomic E-state index is -4.49. The molecule has 3 aromatic heterocycles. The molecular weight excluding hydrogens is 441 g/mol. The Labute approximate surface area is 186 Å². The Kier molecular flexibility index (Phi) is 6.14. The first-order valence-corrected chi connectivity index (χ1v) is 10.1. The number of hydrogen-bond acceptors (Lipinski definition) is 3. The number of aromatic nitrogens is 3. The molecule has 0 fully saturated rings. The van der Waals surface area contributed by atoms with Crippen LogP contribution < -0.4 is 5.32 Å². The first-order chi connectivity index (χ1) is 15.3. The molecule has 32 heavy (non-hydrogen) atoms. The summed E-state index contributed by atoms with van der Waals surface area (Å²) in [5.74, 6) is -0.968. The second kappa shape index (κ2) is 9.00. The molecule has 0 spiro atoms. The van der Waals surface area contributed by atoms with Gasteiger partial charge in [-0.2, -0.15) is 13.2 Å². The van der Waals surface area contributed by atoms with Crippen LogP contribution >= 0.6 is 11.6 Å². The van der Waals surface area contributed by atoms with Gasteiger partial charge in [-0.25, -0.2) is 4.98 Å². The molecule has 0 saturated heterocycles. The zero-order valence-electron chi connectivity index (χ0n) is 16.7. The van der Waals surface area contributed by atoms with Crippen LogP contribution in [-0.2, 0) is 17.5 Å². The number of nitrogens with zero attached hydrogens (tertiary/aromatic N) is 3. The van der Waals surface area contributed by atoms with Crippen LogP contribution in [0.3, 0.4) is 0 Å². The summed E-state index contributed by atoms with van der Waals surface area (Å²) in [7, 11) is 0. The highest BCUT2D eigenvalue weighted by molar-refractivity contribution is 6.30. The van der Waals surface area contributed by atoms with Gasteiger partial charge < -0.3 is 9.72 Å². The van der Waals surface area contributed by atoms with Crippen LogP contribution in [0.2, 0.25) is 5.02 Å². The molecule has 3 heterocycles. The van der Waals surface area contributed by atoms with Crippen molar-refractivity contribution < 1.29 is 18.0 Å². The van der Waals surface area contributed by atoms with E-state index in [-0.39, 0.29) is 18.9 Å². The van der Waals surface area contributed by atoms with Crippen LogP contribution in [0.4, 0.5) is 13.2 Å². The molecule has 164 valence electrons. The van der Waals surface area contributed by atoms with Gasteiger partial charge in [0.15, 0.2) is 0 Å². The van der Waals surface area contributed by atoms with E-state index in [1.807, 2.05) is 0 Å². The summed E-state index contributed by atoms with van der Waals surface area (Å²) >= 11 is 6.12. The fourth-order valence-electron chi connectivity index (χ4n) is 3.52. The van der Waals surface area contributed by atoms with Crippen LogP contribution in [0, 0.1) is 0 Å². The SMILES string of the molecule is O=C(CC(c1cccc(C(F)(F)F)c1)c1cnc2ccc(Cl)cn12)NCc1ccncc1. The molecular formula is C23H18ClF3N4O. The van der Waals surface area contributed by atoms with Gasteiger partial charge in [0.1, 0.15) is 5.65 Å². The number of carbonyl (C=O) groups excluding carboxylic acids is 1. The molecule has 4 aromatic rings. The molecule has 0 aliphatic heterocycles. The molecule has 1 N–H and O–H groups in total. The van der Waals surface area contributed by atoms with E-state index in [4.69, 9.17) is 11.6 Å². The summed E-state index contributed by atoms with van der Waals surface area (Å²) in [5, 5.41) is 3.27. The summed E-state index contributed by atoms with van der Waals surface area (Å²) in [6.07, 6.45) is 1.88. The van der Waals surface area contributed by atoms with Crippen molar-refractivity contribution in [1.82, 2.24) is 19.7 Å². The maximum absolute atomic E-state index is 13.3. The fourth-order valence-corrected chi connectivity index (χ4v) is 3.68. The number of alkyl halides is 3. The monoisotopic (exact) mass is 458 g/mol. The number of halogens is 4. The number of pyridine rings is 2. The van der Waals surface area contributed by atoms with Crippen molar-refractivity contribution in [3.05, 3.63) is 101 Å². The van der Waals surface area contributed by atoms with Gasteiger partial charge in [0.05, 0.1) is 16.3 Å². The Hall–Kier alpha value is -3.39. The molecule has 1 aromatic carbocycles. The Balaban J connectivity index is 1.68. The van der Waals surface area contributed by atoms with E-state index in [1.165, 1.54) is 6.07 Å². The van der Waals surface area contributed by atoms with Crippen molar-refractivity contribution in [2.24, 2.45) is 0 Å². The van der Waals surface area contributed by atoms with E-state index in [1.54, 1.807) is 59.5 Å². The van der Waals surface area contributed by atoms with Gasteiger partial charge in [0.25, 0.3) is 0 Å². The van der Waals surface area contributed by atoms with Gasteiger partial charge in [0, 0.05) is 43.7 Å². The number of fused-ring (bicyclic) bond motifs is 1. The Morgan fingerprint density at radius 2 is 1.91 bits per heavy atom. The third kappa shape index (κ3) is 4.91. The Morgan fingerprint density at radius 1 is 1.12 bits per heavy atom. The lowest BCUT2D eigenvalue weighted by molar-refractivity contribution is -0.137. The van der Waals surface area contributed by atoms with Crippen molar-refractivity contribution in [2.45, 2.75) is 25.1 Å². The van der Waals surface area contributed by atoms with Gasteiger partial charge in [-0.3, -0.25) is 9.78 Å². The standard InChI is InChI=1S/C23H18ClF3N4O/c24-18-4-5-21-29-13-20(31(21)14-18)19(16-2-1-3-17(10-16)23(25,26)27)11-22(32)30-12-15-6-8-28-9-7-15/h1-10,13-14,19H,11-12H2,(H,30,32). The maximum Gasteiger partial charge on any atom is 0.416 e. The largest absolute Gasteiger partial charge is 0.416 e. The van der Waals surface area contributed by atoms with Crippen LogP contribution in [-0.4, -0.2) is 20.3 Å². The number of carbonyl (C=O) groups is 1. The van der Waals surface area contributed by atoms with Crippen LogP contribution in [0.25, 0.3) is 5.65 Å². The van der Waals surface area contributed by atoms with E-state index in [0.717, 1.165) is 17.7 Å². The highest BCUT2D eigenvalue weighted by Gasteiger charge is 2.32. The lowest BCUT2D eigenvalue weighted by atomic mass is 9.91. The summed E-state index contributed by atoms with van der Waals surface area (Å²) < 4.78 is 41.7. The normalized spacial score (nSPS) is 12.6. The van der Waals surface area contributed by atoms with Crippen molar-refractivity contribution >= 4 is 23.2 Å². The van der Waals surface area contributed by atoms with E-state index in [0.29, 0.717) is 21.9 Å². The number of amides is 1. The van der Waals surface area contributed by atoms with E-state index < -0.39 is 17.7 Å². The van der Waals surface area contributed by atoms with E-state index in [9.17, 15) is 18.0 Å². The zero-order chi connectivity index (χ0) is 22.7. The first-order valence-electron chi connectivity index (χ1n) is 9.76. The van der Waals surface area contributed by atoms with Crippen LogP contribution in [0.5, 0.6) is 0 Å². The third-order valence-electron chi connectivity index (χ3n) is 5.10. The smallest absolute Gasteiger partial charge is 0.352 e. The molecule has 5 nitrogen and oxygen atoms in total. The molecule has 0 aliphatic carbocycles. The predicted molar refractivity (Wildman–Crippen MR) is 114 cm³/mol. The Morgan fingerprint density at radius 3 is 2.66 bits per heavy atom. The molecule has 9 heteroatoms. The molecule has 0 aliphatic rings. The number of hydrogen-bond donors (Lipinski definition) is 1. The topological polar surface area (TPSA) is 59.3 Å². The third-order valence-corrected chi connectivity index (χ3v) is 5.32. The van der Waals surface area contributed by atoms with Crippen molar-refractivity contribution in [2.75, 3.05) is 0 Å². The van der Waals surface area contributed by atoms with Gasteiger partial charge in [-0.1, -0.05) is 29.8 Å². The van der Waals surface area contributed by atoms with Gasteiger partial charge in [0.2, 0.25) is 5.91 Å². The molecule has 1 amide bonds. The highest BCUT2D eigenvalue weighted by atomic mass is 35.5. The first kappa shape index (κ1) is 21.8. The summed E-state index contributed by atoms with van der Waals surface area (Å²) in [6, 6.07) is 11.9. The number of nitrogens with one attached hydrogen (secondary N) is 1. The second-order valence-corrected chi connectivity index (χ2v) is 7.71. The number of rotatable bonds is 6. The Bertz CT molecular complexity index is 1240. The van der Waals surface area contributed by atoms with Gasteiger partial charge in [-0.05, 0) is 41.5 Å². The number of benzene rings is 1. The zero-order valence-corrected chi connectivity index (χ0v) is 17.4. The summed E-state index contributed by atoms with van der Waals surface area (Å²) in [6.45, 7) is 0.287.